The van der Waals surface area contributed by atoms with Gasteiger partial charge >= 0.3 is 5.91 Å². The van der Waals surface area contributed by atoms with Crippen LogP contribution in [0.25, 0.3) is 16.8 Å². The van der Waals surface area contributed by atoms with Crippen LogP contribution in [0.5, 0.6) is 23.0 Å². The van der Waals surface area contributed by atoms with Gasteiger partial charge in [0, 0.05) is 18.3 Å². The number of pyridine rings is 1. The Morgan fingerprint density at radius 3 is 2.16 bits per heavy atom. The van der Waals surface area contributed by atoms with Crippen molar-refractivity contribution in [3.63, 3.8) is 0 Å². The summed E-state index contributed by atoms with van der Waals surface area (Å²) in [4.78, 5) is 40.2. The molecular formula is C27H24N4O7. The van der Waals surface area contributed by atoms with Gasteiger partial charge in [-0.05, 0) is 24.3 Å². The van der Waals surface area contributed by atoms with Crippen molar-refractivity contribution in [3.8, 4) is 23.0 Å². The fraction of sp³-hybridized carbons (Fsp3) is 0.185. The molecule has 38 heavy (non-hydrogen) atoms. The number of anilines is 1. The van der Waals surface area contributed by atoms with Crippen LogP contribution < -0.4 is 23.8 Å². The number of hydrogen-bond acceptors (Lipinski definition) is 9. The standard InChI is InChI=1S/C27H24N4O7/c1-35-17-9-7-10-18(36-2)21(17)24(32)22-23(14-8-5-6-11-28-14)31(26(34)25(22)33)27-29-15-12-19(37-3)20(38-4)13-16(15)30-27/h5-13,23,32H,1-4H3,(H,29,30)/b24-22+. The highest BCUT2D eigenvalue weighted by molar-refractivity contribution is 6.51. The number of ether oxygens (including phenoxy) is 4. The number of ketones is 1. The number of aliphatic hydroxyl groups excluding tert-OH is 1. The molecule has 0 saturated carbocycles. The van der Waals surface area contributed by atoms with Gasteiger partial charge in [-0.25, -0.2) is 4.98 Å². The van der Waals surface area contributed by atoms with E-state index >= 15 is 0 Å². The number of methoxy groups -OCH3 is 4. The summed E-state index contributed by atoms with van der Waals surface area (Å²) < 4.78 is 21.6. The molecule has 0 aliphatic carbocycles. The lowest BCUT2D eigenvalue weighted by atomic mass is 9.97. The third-order valence-electron chi connectivity index (χ3n) is 6.28. The summed E-state index contributed by atoms with van der Waals surface area (Å²) in [6, 6.07) is 12.2. The third-order valence-corrected chi connectivity index (χ3v) is 6.28. The number of fused-ring (bicyclic) bond motifs is 1. The van der Waals surface area contributed by atoms with Gasteiger partial charge in [0.2, 0.25) is 5.95 Å². The van der Waals surface area contributed by atoms with Crippen LogP contribution in [0.2, 0.25) is 0 Å². The van der Waals surface area contributed by atoms with Crippen LogP contribution >= 0.6 is 0 Å². The number of amides is 1. The lowest BCUT2D eigenvalue weighted by Crippen LogP contribution is -2.30. The van der Waals surface area contributed by atoms with Gasteiger partial charge in [-0.15, -0.1) is 0 Å². The summed E-state index contributed by atoms with van der Waals surface area (Å²) in [7, 11) is 5.87. The monoisotopic (exact) mass is 516 g/mol. The molecule has 11 heteroatoms. The lowest BCUT2D eigenvalue weighted by molar-refractivity contribution is -0.132. The van der Waals surface area contributed by atoms with Crippen LogP contribution in [-0.4, -0.2) is 60.2 Å². The molecule has 2 aromatic carbocycles. The van der Waals surface area contributed by atoms with E-state index in [0.29, 0.717) is 28.2 Å². The summed E-state index contributed by atoms with van der Waals surface area (Å²) in [5.41, 5.74) is 1.32. The highest BCUT2D eigenvalue weighted by Gasteiger charge is 2.49. The van der Waals surface area contributed by atoms with Gasteiger partial charge in [0.1, 0.15) is 28.9 Å². The zero-order valence-corrected chi connectivity index (χ0v) is 21.0. The normalized spacial score (nSPS) is 16.6. The molecule has 3 heterocycles. The van der Waals surface area contributed by atoms with Gasteiger partial charge in [-0.2, -0.15) is 0 Å². The number of aromatic amines is 1. The highest BCUT2D eigenvalue weighted by atomic mass is 16.5. The molecule has 1 aliphatic heterocycles. The zero-order chi connectivity index (χ0) is 27.0. The van der Waals surface area contributed by atoms with Crippen molar-refractivity contribution < 1.29 is 33.6 Å². The maximum atomic E-state index is 13.5. The van der Waals surface area contributed by atoms with Crippen LogP contribution in [0.4, 0.5) is 5.95 Å². The zero-order valence-electron chi connectivity index (χ0n) is 21.0. The number of carbonyl (C=O) groups is 2. The molecule has 2 N–H and O–H groups in total. The first-order chi connectivity index (χ1) is 18.4. The first-order valence-corrected chi connectivity index (χ1v) is 11.5. The summed E-state index contributed by atoms with van der Waals surface area (Å²) in [5.74, 6) is -0.761. The van der Waals surface area contributed by atoms with Crippen molar-refractivity contribution in [1.82, 2.24) is 15.0 Å². The van der Waals surface area contributed by atoms with Crippen LogP contribution in [0.15, 0.2) is 60.3 Å². The Balaban J connectivity index is 1.75. The molecular weight excluding hydrogens is 492 g/mol. The molecule has 2 aromatic heterocycles. The third kappa shape index (κ3) is 3.84. The fourth-order valence-corrected chi connectivity index (χ4v) is 4.53. The topological polar surface area (TPSA) is 136 Å². The Bertz CT molecular complexity index is 1520. The number of rotatable bonds is 7. The van der Waals surface area contributed by atoms with Crippen molar-refractivity contribution in [1.29, 1.82) is 0 Å². The van der Waals surface area contributed by atoms with Crippen LogP contribution in [-0.2, 0) is 9.59 Å². The number of Topliss-reactive ketones (excluding diaryl/α,β-unsaturated/α-hetero) is 1. The Labute approximate surface area is 217 Å². The van der Waals surface area contributed by atoms with E-state index < -0.39 is 23.5 Å². The molecule has 1 aliphatic rings. The first kappa shape index (κ1) is 24.6. The van der Waals surface area contributed by atoms with E-state index in [2.05, 4.69) is 15.0 Å². The molecule has 1 amide bonds. The minimum absolute atomic E-state index is 0.0825. The van der Waals surface area contributed by atoms with Crippen LogP contribution in [0, 0.1) is 0 Å². The molecule has 0 bridgehead atoms. The summed E-state index contributed by atoms with van der Waals surface area (Å²) >= 11 is 0. The van der Waals surface area contributed by atoms with Gasteiger partial charge < -0.3 is 29.0 Å². The lowest BCUT2D eigenvalue weighted by Gasteiger charge is -2.22. The van der Waals surface area contributed by atoms with E-state index in [1.54, 1.807) is 48.5 Å². The molecule has 11 nitrogen and oxygen atoms in total. The van der Waals surface area contributed by atoms with Crippen molar-refractivity contribution in [2.75, 3.05) is 33.3 Å². The van der Waals surface area contributed by atoms with Crippen molar-refractivity contribution in [2.45, 2.75) is 6.04 Å². The minimum atomic E-state index is -1.10. The quantitative estimate of drug-likeness (QED) is 0.214. The summed E-state index contributed by atoms with van der Waals surface area (Å²) in [6.45, 7) is 0. The Kier molecular flexibility index (Phi) is 6.33. The van der Waals surface area contributed by atoms with Gasteiger partial charge in [-0.1, -0.05) is 12.1 Å². The van der Waals surface area contributed by atoms with E-state index in [0.717, 1.165) is 0 Å². The van der Waals surface area contributed by atoms with E-state index in [1.165, 1.54) is 39.5 Å². The van der Waals surface area contributed by atoms with Gasteiger partial charge in [-0.3, -0.25) is 19.5 Å². The molecule has 1 atom stereocenters. The maximum Gasteiger partial charge on any atom is 0.302 e. The molecule has 0 spiro atoms. The predicted molar refractivity (Wildman–Crippen MR) is 138 cm³/mol. The van der Waals surface area contributed by atoms with Crippen molar-refractivity contribution in [2.24, 2.45) is 0 Å². The van der Waals surface area contributed by atoms with Crippen LogP contribution in [0.1, 0.15) is 17.3 Å². The Hall–Kier alpha value is -5.06. The largest absolute Gasteiger partial charge is 0.506 e. The number of aliphatic hydroxyl groups is 1. The molecule has 1 unspecified atom stereocenters. The van der Waals surface area contributed by atoms with Gasteiger partial charge in [0.15, 0.2) is 11.5 Å². The second-order valence-electron chi connectivity index (χ2n) is 8.25. The van der Waals surface area contributed by atoms with Gasteiger partial charge in [0.05, 0.1) is 50.7 Å². The SMILES string of the molecule is COc1cc2nc(N3C(=O)C(=O)/C(=C(/O)c4c(OC)cccc4OC)C3c3ccccn3)[nH]c2cc1OC. The predicted octanol–water partition coefficient (Wildman–Crippen LogP) is 3.62. The Morgan fingerprint density at radius 2 is 1.55 bits per heavy atom. The average Bonchev–Trinajstić information content (AvgIpc) is 3.48. The number of imidazole rings is 1. The van der Waals surface area contributed by atoms with E-state index in [4.69, 9.17) is 18.9 Å². The van der Waals surface area contributed by atoms with E-state index in [-0.39, 0.29) is 28.6 Å². The number of hydrogen-bond donors (Lipinski definition) is 2. The van der Waals surface area contributed by atoms with E-state index in [1.807, 2.05) is 0 Å². The molecule has 194 valence electrons. The highest BCUT2D eigenvalue weighted by Crippen LogP contribution is 2.44. The number of carbonyl (C=O) groups excluding carboxylic acids is 2. The second-order valence-corrected chi connectivity index (χ2v) is 8.25. The molecule has 0 radical (unpaired) electrons. The summed E-state index contributed by atoms with van der Waals surface area (Å²) in [5, 5.41) is 11.5. The number of benzene rings is 2. The average molecular weight is 517 g/mol. The molecule has 1 fully saturated rings. The van der Waals surface area contributed by atoms with Crippen molar-refractivity contribution >= 4 is 34.4 Å². The van der Waals surface area contributed by atoms with Gasteiger partial charge in [0.25, 0.3) is 5.78 Å². The number of H-pyrrole nitrogens is 1. The molecule has 1 saturated heterocycles. The minimum Gasteiger partial charge on any atom is -0.506 e. The first-order valence-electron chi connectivity index (χ1n) is 11.5. The molecule has 4 aromatic rings. The summed E-state index contributed by atoms with van der Waals surface area (Å²) in [6.07, 6.45) is 1.54. The smallest absolute Gasteiger partial charge is 0.302 e. The number of nitrogens with zero attached hydrogens (tertiary/aromatic N) is 3. The van der Waals surface area contributed by atoms with Crippen LogP contribution in [0.3, 0.4) is 0 Å². The van der Waals surface area contributed by atoms with E-state index in [9.17, 15) is 14.7 Å². The Morgan fingerprint density at radius 1 is 0.895 bits per heavy atom. The second kappa shape index (κ2) is 9.77. The number of nitrogens with one attached hydrogen (secondary N) is 1. The molecule has 5 rings (SSSR count). The maximum absolute atomic E-state index is 13.5. The fourth-order valence-electron chi connectivity index (χ4n) is 4.53. The number of aromatic nitrogens is 3. The van der Waals surface area contributed by atoms with Crippen molar-refractivity contribution in [3.05, 3.63) is 71.6 Å².